The van der Waals surface area contributed by atoms with Crippen molar-refractivity contribution in [3.63, 3.8) is 0 Å². The molecule has 1 aromatic rings. The zero-order valence-electron chi connectivity index (χ0n) is 17.3. The van der Waals surface area contributed by atoms with Crippen LogP contribution in [0.5, 0.6) is 0 Å². The third-order valence-corrected chi connectivity index (χ3v) is 8.20. The molecule has 0 saturated carbocycles. The monoisotopic (exact) mass is 422 g/mol. The third-order valence-electron chi connectivity index (χ3n) is 6.31. The van der Waals surface area contributed by atoms with Gasteiger partial charge in [0.25, 0.3) is 0 Å². The number of amides is 1. The van der Waals surface area contributed by atoms with E-state index in [2.05, 4.69) is 12.2 Å². The van der Waals surface area contributed by atoms with E-state index in [9.17, 15) is 18.0 Å². The van der Waals surface area contributed by atoms with Gasteiger partial charge in [0.15, 0.2) is 5.78 Å². The second kappa shape index (κ2) is 9.36. The first-order valence-corrected chi connectivity index (χ1v) is 12.0. The van der Waals surface area contributed by atoms with Crippen LogP contribution in [-0.2, 0) is 14.8 Å². The summed E-state index contributed by atoms with van der Waals surface area (Å²) < 4.78 is 27.3. The van der Waals surface area contributed by atoms with Gasteiger partial charge in [0, 0.05) is 37.4 Å². The fraction of sp³-hybridized carbons (Fsp3) is 0.619. The number of carbonyl (C=O) groups excluding carboxylic acids is 2. The maximum absolute atomic E-state index is 12.9. The molecule has 0 bridgehead atoms. The number of quaternary nitrogens is 1. The molecule has 160 valence electrons. The average molecular weight is 423 g/mol. The number of ketones is 1. The first-order valence-electron chi connectivity index (χ1n) is 10.6. The Kier molecular flexibility index (Phi) is 7.08. The SMILES string of the molecule is CC[NH+]1CCC[C@H]1CNC(=O)C1CCN(S(=O)(=O)c2cccc(C(C)=O)c2)CC1. The van der Waals surface area contributed by atoms with E-state index < -0.39 is 10.0 Å². The highest BCUT2D eigenvalue weighted by Gasteiger charge is 2.33. The van der Waals surface area contributed by atoms with Gasteiger partial charge in [-0.05, 0) is 38.8 Å². The molecule has 29 heavy (non-hydrogen) atoms. The number of piperidine rings is 1. The molecule has 1 amide bonds. The van der Waals surface area contributed by atoms with Crippen LogP contribution in [0.4, 0.5) is 0 Å². The molecule has 1 aromatic carbocycles. The topological polar surface area (TPSA) is 88.0 Å². The molecule has 8 heteroatoms. The predicted octanol–water partition coefficient (Wildman–Crippen LogP) is 0.473. The van der Waals surface area contributed by atoms with Crippen LogP contribution in [0.25, 0.3) is 0 Å². The van der Waals surface area contributed by atoms with E-state index in [1.54, 1.807) is 17.0 Å². The summed E-state index contributed by atoms with van der Waals surface area (Å²) in [6, 6.07) is 6.65. The lowest BCUT2D eigenvalue weighted by atomic mass is 9.97. The number of hydrogen-bond acceptors (Lipinski definition) is 4. The fourth-order valence-corrected chi connectivity index (χ4v) is 5.96. The van der Waals surface area contributed by atoms with E-state index in [4.69, 9.17) is 0 Å². The molecule has 1 unspecified atom stereocenters. The number of Topliss-reactive ketones (excluding diaryl/α,β-unsaturated/α-hetero) is 1. The average Bonchev–Trinajstić information content (AvgIpc) is 3.19. The van der Waals surface area contributed by atoms with Crippen molar-refractivity contribution in [2.24, 2.45) is 5.92 Å². The summed E-state index contributed by atoms with van der Waals surface area (Å²) in [5.74, 6) is -0.261. The van der Waals surface area contributed by atoms with Crippen LogP contribution in [0.3, 0.4) is 0 Å². The number of hydrogen-bond donors (Lipinski definition) is 2. The molecule has 2 saturated heterocycles. The molecule has 2 heterocycles. The van der Waals surface area contributed by atoms with Crippen molar-refractivity contribution < 1.29 is 22.9 Å². The molecule has 3 rings (SSSR count). The number of rotatable bonds is 7. The zero-order valence-corrected chi connectivity index (χ0v) is 18.1. The molecular weight excluding hydrogens is 390 g/mol. The molecule has 2 aliphatic heterocycles. The van der Waals surface area contributed by atoms with Gasteiger partial charge in [0.05, 0.1) is 24.5 Å². The normalized spacial score (nSPS) is 23.8. The van der Waals surface area contributed by atoms with Crippen LogP contribution in [0.1, 0.15) is 49.9 Å². The van der Waals surface area contributed by atoms with Crippen molar-refractivity contribution in [3.8, 4) is 0 Å². The molecule has 7 nitrogen and oxygen atoms in total. The van der Waals surface area contributed by atoms with Crippen molar-refractivity contribution >= 4 is 21.7 Å². The lowest BCUT2D eigenvalue weighted by molar-refractivity contribution is -0.909. The highest BCUT2D eigenvalue weighted by molar-refractivity contribution is 7.89. The number of sulfonamides is 1. The Morgan fingerprint density at radius 1 is 1.21 bits per heavy atom. The van der Waals surface area contributed by atoms with Crippen LogP contribution >= 0.6 is 0 Å². The second-order valence-corrected chi connectivity index (χ2v) is 10.0. The summed E-state index contributed by atoms with van der Waals surface area (Å²) >= 11 is 0. The van der Waals surface area contributed by atoms with Gasteiger partial charge in [-0.3, -0.25) is 9.59 Å². The lowest BCUT2D eigenvalue weighted by Gasteiger charge is -2.31. The minimum atomic E-state index is -3.66. The standard InChI is InChI=1S/C21H31N3O4S/c1-3-23-11-5-7-19(23)15-22-21(26)17-9-12-24(13-10-17)29(27,28)20-8-4-6-18(14-20)16(2)25/h4,6,8,14,17,19H,3,5,7,9-13,15H2,1-2H3,(H,22,26)/p+1/t19-/m0/s1. The highest BCUT2D eigenvalue weighted by atomic mass is 32.2. The third kappa shape index (κ3) is 5.05. The Balaban J connectivity index is 1.55. The number of carbonyl (C=O) groups is 2. The summed E-state index contributed by atoms with van der Waals surface area (Å²) in [4.78, 5) is 25.8. The van der Waals surface area contributed by atoms with Crippen LogP contribution in [0.15, 0.2) is 29.2 Å². The molecule has 0 aromatic heterocycles. The first kappa shape index (κ1) is 21.9. The van der Waals surface area contributed by atoms with E-state index in [1.165, 1.54) is 36.3 Å². The zero-order chi connectivity index (χ0) is 21.0. The van der Waals surface area contributed by atoms with Gasteiger partial charge in [0.2, 0.25) is 15.9 Å². The van der Waals surface area contributed by atoms with Crippen LogP contribution in [-0.4, -0.2) is 63.2 Å². The van der Waals surface area contributed by atoms with Crippen molar-refractivity contribution in [1.29, 1.82) is 0 Å². The molecule has 2 fully saturated rings. The Morgan fingerprint density at radius 2 is 1.93 bits per heavy atom. The van der Waals surface area contributed by atoms with E-state index >= 15 is 0 Å². The Labute approximate surface area is 173 Å². The smallest absolute Gasteiger partial charge is 0.243 e. The predicted molar refractivity (Wildman–Crippen MR) is 110 cm³/mol. The van der Waals surface area contributed by atoms with Gasteiger partial charge in [0.1, 0.15) is 6.04 Å². The van der Waals surface area contributed by atoms with Crippen LogP contribution in [0.2, 0.25) is 0 Å². The molecule has 2 aliphatic rings. The Morgan fingerprint density at radius 3 is 2.59 bits per heavy atom. The molecule has 0 aliphatic carbocycles. The van der Waals surface area contributed by atoms with Crippen molar-refractivity contribution in [3.05, 3.63) is 29.8 Å². The van der Waals surface area contributed by atoms with Gasteiger partial charge in [-0.1, -0.05) is 12.1 Å². The van der Waals surface area contributed by atoms with Crippen LogP contribution in [0, 0.1) is 5.92 Å². The minimum Gasteiger partial charge on any atom is -0.350 e. The first-order chi connectivity index (χ1) is 13.8. The quantitative estimate of drug-likeness (QED) is 0.626. The van der Waals surface area contributed by atoms with Gasteiger partial charge in [-0.2, -0.15) is 4.31 Å². The van der Waals surface area contributed by atoms with Crippen molar-refractivity contribution in [1.82, 2.24) is 9.62 Å². The summed E-state index contributed by atoms with van der Waals surface area (Å²) in [6.07, 6.45) is 3.41. The van der Waals surface area contributed by atoms with Crippen molar-refractivity contribution in [2.45, 2.75) is 50.5 Å². The molecule has 0 spiro atoms. The molecular formula is C21H32N3O4S+. The van der Waals surface area contributed by atoms with Gasteiger partial charge in [-0.25, -0.2) is 8.42 Å². The lowest BCUT2D eigenvalue weighted by Crippen LogP contribution is -3.14. The Bertz CT molecular complexity index is 847. The fourth-order valence-electron chi connectivity index (χ4n) is 4.45. The maximum Gasteiger partial charge on any atom is 0.243 e. The summed E-state index contributed by atoms with van der Waals surface area (Å²) in [6.45, 7) is 7.21. The number of likely N-dealkylation sites (tertiary alicyclic amines) is 1. The maximum atomic E-state index is 12.9. The van der Waals surface area contributed by atoms with E-state index in [0.29, 0.717) is 44.1 Å². The number of nitrogens with zero attached hydrogens (tertiary/aromatic N) is 1. The molecule has 2 N–H and O–H groups in total. The summed E-state index contributed by atoms with van der Waals surface area (Å²) in [7, 11) is -3.66. The summed E-state index contributed by atoms with van der Waals surface area (Å²) in [5.41, 5.74) is 0.385. The largest absolute Gasteiger partial charge is 0.350 e. The van der Waals surface area contributed by atoms with Gasteiger partial charge in [-0.15, -0.1) is 0 Å². The number of benzene rings is 1. The molecule has 2 atom stereocenters. The van der Waals surface area contributed by atoms with Crippen LogP contribution < -0.4 is 10.2 Å². The highest BCUT2D eigenvalue weighted by Crippen LogP contribution is 2.24. The number of likely N-dealkylation sites (N-methyl/N-ethyl adjacent to an activating group) is 1. The van der Waals surface area contributed by atoms with Crippen molar-refractivity contribution in [2.75, 3.05) is 32.7 Å². The van der Waals surface area contributed by atoms with Gasteiger partial charge < -0.3 is 10.2 Å². The van der Waals surface area contributed by atoms with E-state index in [-0.39, 0.29) is 22.5 Å². The Hall–Kier alpha value is -1.77. The summed E-state index contributed by atoms with van der Waals surface area (Å²) in [5, 5.41) is 3.10. The molecule has 0 radical (unpaired) electrons. The van der Waals surface area contributed by atoms with E-state index in [0.717, 1.165) is 13.0 Å². The number of nitrogens with one attached hydrogen (secondary N) is 2. The van der Waals surface area contributed by atoms with E-state index in [1.807, 2.05) is 0 Å². The second-order valence-electron chi connectivity index (χ2n) is 8.11. The van der Waals surface area contributed by atoms with Gasteiger partial charge >= 0.3 is 0 Å². The minimum absolute atomic E-state index is 0.0444.